The summed E-state index contributed by atoms with van der Waals surface area (Å²) in [4.78, 5) is 6.03. The van der Waals surface area contributed by atoms with E-state index >= 15 is 0 Å². The Morgan fingerprint density at radius 2 is 2.11 bits per heavy atom. The number of benzene rings is 1. The standard InChI is InChI=1S/C14H14ClFN2/c1-18(10-11-3-2-4-17-9-11)14-6-12(8-15)5-13(16)7-14/h2-7,9H,8,10H2,1H3. The van der Waals surface area contributed by atoms with Gasteiger partial charge in [-0.05, 0) is 35.4 Å². The molecule has 0 saturated heterocycles. The van der Waals surface area contributed by atoms with Crippen LogP contribution in [-0.4, -0.2) is 12.0 Å². The number of rotatable bonds is 4. The average molecular weight is 265 g/mol. The minimum atomic E-state index is -0.263. The van der Waals surface area contributed by atoms with Crippen molar-refractivity contribution in [2.24, 2.45) is 0 Å². The number of hydrogen-bond donors (Lipinski definition) is 0. The van der Waals surface area contributed by atoms with Gasteiger partial charge in [0.05, 0.1) is 0 Å². The van der Waals surface area contributed by atoms with Crippen LogP contribution in [0.3, 0.4) is 0 Å². The number of hydrogen-bond acceptors (Lipinski definition) is 2. The highest BCUT2D eigenvalue weighted by molar-refractivity contribution is 6.17. The van der Waals surface area contributed by atoms with Crippen LogP contribution in [0.5, 0.6) is 0 Å². The molecule has 0 unspecified atom stereocenters. The first-order valence-electron chi connectivity index (χ1n) is 5.64. The summed E-state index contributed by atoms with van der Waals surface area (Å²) in [5, 5.41) is 0. The van der Waals surface area contributed by atoms with Crippen molar-refractivity contribution in [3.8, 4) is 0 Å². The molecule has 0 amide bonds. The van der Waals surface area contributed by atoms with Crippen LogP contribution in [-0.2, 0) is 12.4 Å². The lowest BCUT2D eigenvalue weighted by molar-refractivity contribution is 0.625. The molecule has 0 aliphatic rings. The third kappa shape index (κ3) is 3.20. The zero-order valence-corrected chi connectivity index (χ0v) is 10.9. The van der Waals surface area contributed by atoms with Gasteiger partial charge in [-0.25, -0.2) is 4.39 Å². The van der Waals surface area contributed by atoms with Gasteiger partial charge < -0.3 is 4.90 Å². The van der Waals surface area contributed by atoms with Gasteiger partial charge in [0.25, 0.3) is 0 Å². The predicted molar refractivity (Wildman–Crippen MR) is 72.3 cm³/mol. The van der Waals surface area contributed by atoms with E-state index in [4.69, 9.17) is 11.6 Å². The lowest BCUT2D eigenvalue weighted by Crippen LogP contribution is -2.16. The van der Waals surface area contributed by atoms with Gasteiger partial charge in [0.2, 0.25) is 0 Å². The van der Waals surface area contributed by atoms with Gasteiger partial charge >= 0.3 is 0 Å². The van der Waals surface area contributed by atoms with E-state index < -0.39 is 0 Å². The summed E-state index contributed by atoms with van der Waals surface area (Å²) >= 11 is 5.74. The van der Waals surface area contributed by atoms with Crippen LogP contribution in [0.4, 0.5) is 10.1 Å². The first kappa shape index (κ1) is 12.8. The Kier molecular flexibility index (Phi) is 4.15. The molecule has 0 aliphatic carbocycles. The van der Waals surface area contributed by atoms with Gasteiger partial charge in [0.15, 0.2) is 0 Å². The average Bonchev–Trinajstić information content (AvgIpc) is 2.39. The van der Waals surface area contributed by atoms with Gasteiger partial charge in [-0.1, -0.05) is 6.07 Å². The largest absolute Gasteiger partial charge is 0.370 e. The number of aromatic nitrogens is 1. The number of pyridine rings is 1. The Bertz CT molecular complexity index is 516. The minimum Gasteiger partial charge on any atom is -0.370 e. The summed E-state index contributed by atoms with van der Waals surface area (Å²) < 4.78 is 13.4. The summed E-state index contributed by atoms with van der Waals surface area (Å²) in [7, 11) is 1.92. The van der Waals surface area contributed by atoms with Gasteiger partial charge in [0, 0.05) is 37.6 Å². The van der Waals surface area contributed by atoms with Gasteiger partial charge in [-0.15, -0.1) is 11.6 Å². The SMILES string of the molecule is CN(Cc1cccnc1)c1cc(F)cc(CCl)c1. The molecule has 0 N–H and O–H groups in total. The maximum atomic E-state index is 13.4. The summed E-state index contributed by atoms with van der Waals surface area (Å²) in [6.45, 7) is 0.680. The van der Waals surface area contributed by atoms with Crippen LogP contribution < -0.4 is 4.90 Å². The van der Waals surface area contributed by atoms with E-state index in [1.54, 1.807) is 12.4 Å². The molecule has 1 aromatic heterocycles. The Morgan fingerprint density at radius 1 is 1.28 bits per heavy atom. The van der Waals surface area contributed by atoms with Crippen molar-refractivity contribution >= 4 is 17.3 Å². The predicted octanol–water partition coefficient (Wildman–Crippen LogP) is 3.60. The summed E-state index contributed by atoms with van der Waals surface area (Å²) in [6.07, 6.45) is 3.54. The maximum Gasteiger partial charge on any atom is 0.125 e. The van der Waals surface area contributed by atoms with E-state index in [0.29, 0.717) is 12.4 Å². The molecule has 1 heterocycles. The second-order valence-corrected chi connectivity index (χ2v) is 4.44. The van der Waals surface area contributed by atoms with Gasteiger partial charge in [0.1, 0.15) is 5.82 Å². The molecule has 0 saturated carbocycles. The van der Waals surface area contributed by atoms with Crippen LogP contribution in [0.25, 0.3) is 0 Å². The van der Waals surface area contributed by atoms with Crippen molar-refractivity contribution in [3.63, 3.8) is 0 Å². The van der Waals surface area contributed by atoms with E-state index in [0.717, 1.165) is 16.8 Å². The fourth-order valence-electron chi connectivity index (χ4n) is 1.79. The molecule has 18 heavy (non-hydrogen) atoms. The second kappa shape index (κ2) is 5.83. The smallest absolute Gasteiger partial charge is 0.125 e. The Morgan fingerprint density at radius 3 is 2.78 bits per heavy atom. The normalized spacial score (nSPS) is 10.4. The monoisotopic (exact) mass is 264 g/mol. The van der Waals surface area contributed by atoms with E-state index in [1.807, 2.05) is 30.1 Å². The van der Waals surface area contributed by atoms with E-state index in [-0.39, 0.29) is 5.82 Å². The van der Waals surface area contributed by atoms with Crippen LogP contribution in [0.1, 0.15) is 11.1 Å². The molecule has 94 valence electrons. The van der Waals surface area contributed by atoms with Crippen molar-refractivity contribution < 1.29 is 4.39 Å². The summed E-state index contributed by atoms with van der Waals surface area (Å²) in [5.41, 5.74) is 2.68. The minimum absolute atomic E-state index is 0.263. The Balaban J connectivity index is 2.18. The molecule has 0 bridgehead atoms. The van der Waals surface area contributed by atoms with E-state index in [2.05, 4.69) is 4.98 Å². The van der Waals surface area contributed by atoms with Crippen molar-refractivity contribution in [1.29, 1.82) is 0 Å². The van der Waals surface area contributed by atoms with Crippen molar-refractivity contribution in [3.05, 3.63) is 59.7 Å². The Hall–Kier alpha value is -1.61. The number of anilines is 1. The van der Waals surface area contributed by atoms with Crippen molar-refractivity contribution in [2.75, 3.05) is 11.9 Å². The van der Waals surface area contributed by atoms with Crippen molar-refractivity contribution in [2.45, 2.75) is 12.4 Å². The number of halogens is 2. The molecule has 2 rings (SSSR count). The molecule has 2 nitrogen and oxygen atoms in total. The van der Waals surface area contributed by atoms with Gasteiger partial charge in [-0.3, -0.25) is 4.98 Å². The molecular weight excluding hydrogens is 251 g/mol. The topological polar surface area (TPSA) is 16.1 Å². The molecule has 1 aromatic carbocycles. The molecule has 0 spiro atoms. The second-order valence-electron chi connectivity index (χ2n) is 4.17. The highest BCUT2D eigenvalue weighted by Gasteiger charge is 2.06. The van der Waals surface area contributed by atoms with E-state index in [1.165, 1.54) is 12.1 Å². The van der Waals surface area contributed by atoms with Crippen molar-refractivity contribution in [1.82, 2.24) is 4.98 Å². The molecule has 0 radical (unpaired) electrons. The molecule has 0 fully saturated rings. The number of alkyl halides is 1. The van der Waals surface area contributed by atoms with Crippen LogP contribution >= 0.6 is 11.6 Å². The van der Waals surface area contributed by atoms with Crippen LogP contribution in [0.15, 0.2) is 42.7 Å². The molecule has 4 heteroatoms. The Labute approximate surface area is 111 Å². The van der Waals surface area contributed by atoms with Crippen LogP contribution in [0, 0.1) is 5.82 Å². The summed E-state index contributed by atoms with van der Waals surface area (Å²) in [6, 6.07) is 8.73. The first-order chi connectivity index (χ1) is 8.69. The lowest BCUT2D eigenvalue weighted by atomic mass is 10.2. The maximum absolute atomic E-state index is 13.4. The fraction of sp³-hybridized carbons (Fsp3) is 0.214. The highest BCUT2D eigenvalue weighted by atomic mass is 35.5. The van der Waals surface area contributed by atoms with Crippen LogP contribution in [0.2, 0.25) is 0 Å². The number of nitrogens with zero attached hydrogens (tertiary/aromatic N) is 2. The highest BCUT2D eigenvalue weighted by Crippen LogP contribution is 2.20. The fourth-order valence-corrected chi connectivity index (χ4v) is 1.94. The molecule has 0 aliphatic heterocycles. The first-order valence-corrected chi connectivity index (χ1v) is 6.18. The zero-order valence-electron chi connectivity index (χ0n) is 10.1. The third-order valence-corrected chi connectivity index (χ3v) is 2.99. The molecule has 2 aromatic rings. The quantitative estimate of drug-likeness (QED) is 0.785. The lowest BCUT2D eigenvalue weighted by Gasteiger charge is -2.20. The molecule has 0 atom stereocenters. The zero-order chi connectivity index (χ0) is 13.0. The van der Waals surface area contributed by atoms with Gasteiger partial charge in [-0.2, -0.15) is 0 Å². The summed E-state index contributed by atoms with van der Waals surface area (Å²) in [5.74, 6) is 0.0482. The third-order valence-electron chi connectivity index (χ3n) is 2.68. The van der Waals surface area contributed by atoms with E-state index in [9.17, 15) is 4.39 Å². The molecular formula is C14H14ClFN2.